The van der Waals surface area contributed by atoms with Crippen LogP contribution in [0.5, 0.6) is 0 Å². The van der Waals surface area contributed by atoms with Gasteiger partial charge in [0, 0.05) is 0 Å². The van der Waals surface area contributed by atoms with Crippen LogP contribution in [0, 0.1) is 11.6 Å². The van der Waals surface area contributed by atoms with Crippen LogP contribution < -0.4 is 0 Å². The lowest BCUT2D eigenvalue weighted by molar-refractivity contribution is 0.500. The van der Waals surface area contributed by atoms with Gasteiger partial charge in [-0.3, -0.25) is 0 Å². The largest absolute Gasteiger partial charge is 0.217 e. The first-order valence-corrected chi connectivity index (χ1v) is 5.52. The maximum absolute atomic E-state index is 13.4. The molecule has 0 saturated heterocycles. The van der Waals surface area contributed by atoms with E-state index in [0.29, 0.717) is 5.69 Å². The zero-order valence-corrected chi connectivity index (χ0v) is 9.95. The SMILES string of the molecule is CC(Br)c1cn(-c2cccc(F)c2F)nn1. The number of aromatic nitrogens is 3. The van der Waals surface area contributed by atoms with Gasteiger partial charge in [-0.1, -0.05) is 27.2 Å². The number of rotatable bonds is 2. The third-order valence-corrected chi connectivity index (χ3v) is 2.57. The molecule has 2 rings (SSSR count). The summed E-state index contributed by atoms with van der Waals surface area (Å²) in [6.45, 7) is 1.87. The van der Waals surface area contributed by atoms with Crippen molar-refractivity contribution in [2.45, 2.75) is 11.8 Å². The van der Waals surface area contributed by atoms with Crippen molar-refractivity contribution in [3.63, 3.8) is 0 Å². The van der Waals surface area contributed by atoms with Gasteiger partial charge in [-0.2, -0.15) is 0 Å². The summed E-state index contributed by atoms with van der Waals surface area (Å²) in [5.74, 6) is -1.83. The van der Waals surface area contributed by atoms with Gasteiger partial charge in [-0.25, -0.2) is 13.5 Å². The van der Waals surface area contributed by atoms with Crippen LogP contribution >= 0.6 is 15.9 Å². The van der Waals surface area contributed by atoms with Crippen LogP contribution in [0.15, 0.2) is 24.4 Å². The highest BCUT2D eigenvalue weighted by Gasteiger charge is 2.12. The van der Waals surface area contributed by atoms with Crippen molar-refractivity contribution in [3.8, 4) is 5.69 Å². The second-order valence-electron chi connectivity index (χ2n) is 3.28. The van der Waals surface area contributed by atoms with Gasteiger partial charge < -0.3 is 0 Å². The van der Waals surface area contributed by atoms with Crippen LogP contribution in [0.2, 0.25) is 0 Å². The summed E-state index contributed by atoms with van der Waals surface area (Å²) in [7, 11) is 0. The van der Waals surface area contributed by atoms with E-state index in [0.717, 1.165) is 6.07 Å². The number of benzene rings is 1. The molecule has 1 aromatic heterocycles. The number of halogens is 3. The summed E-state index contributed by atoms with van der Waals surface area (Å²) in [6.07, 6.45) is 1.55. The van der Waals surface area contributed by atoms with Gasteiger partial charge in [-0.05, 0) is 19.1 Å². The number of hydrogen-bond acceptors (Lipinski definition) is 2. The normalized spacial score (nSPS) is 12.8. The van der Waals surface area contributed by atoms with Crippen LogP contribution in [0.4, 0.5) is 8.78 Å². The second-order valence-corrected chi connectivity index (χ2v) is 4.65. The average molecular weight is 288 g/mol. The van der Waals surface area contributed by atoms with Crippen molar-refractivity contribution in [2.75, 3.05) is 0 Å². The first-order chi connectivity index (χ1) is 7.59. The summed E-state index contributed by atoms with van der Waals surface area (Å²) in [6, 6.07) is 3.92. The Morgan fingerprint density at radius 2 is 2.12 bits per heavy atom. The molecule has 1 heterocycles. The Kier molecular flexibility index (Phi) is 3.00. The quantitative estimate of drug-likeness (QED) is 0.795. The van der Waals surface area contributed by atoms with Crippen molar-refractivity contribution in [1.29, 1.82) is 0 Å². The first kappa shape index (κ1) is 11.2. The van der Waals surface area contributed by atoms with E-state index in [1.165, 1.54) is 16.8 Å². The number of nitrogens with zero attached hydrogens (tertiary/aromatic N) is 3. The van der Waals surface area contributed by atoms with Crippen molar-refractivity contribution < 1.29 is 8.78 Å². The minimum atomic E-state index is -0.929. The highest BCUT2D eigenvalue weighted by Crippen LogP contribution is 2.21. The van der Waals surface area contributed by atoms with E-state index >= 15 is 0 Å². The lowest BCUT2D eigenvalue weighted by Crippen LogP contribution is -2.00. The highest BCUT2D eigenvalue weighted by molar-refractivity contribution is 9.09. The first-order valence-electron chi connectivity index (χ1n) is 4.60. The van der Waals surface area contributed by atoms with E-state index < -0.39 is 11.6 Å². The van der Waals surface area contributed by atoms with E-state index in [4.69, 9.17) is 0 Å². The average Bonchev–Trinajstić information content (AvgIpc) is 2.71. The second kappa shape index (κ2) is 4.29. The Bertz CT molecular complexity index is 511. The minimum absolute atomic E-state index is 0.0119. The van der Waals surface area contributed by atoms with Crippen molar-refractivity contribution in [3.05, 3.63) is 41.7 Å². The fraction of sp³-hybridized carbons (Fsp3) is 0.200. The molecule has 3 nitrogen and oxygen atoms in total. The van der Waals surface area contributed by atoms with Crippen LogP contribution in [0.3, 0.4) is 0 Å². The van der Waals surface area contributed by atoms with E-state index in [9.17, 15) is 8.78 Å². The van der Waals surface area contributed by atoms with E-state index in [1.807, 2.05) is 6.92 Å². The van der Waals surface area contributed by atoms with Gasteiger partial charge in [0.15, 0.2) is 11.6 Å². The molecule has 0 radical (unpaired) electrons. The smallest absolute Gasteiger partial charge is 0.184 e. The van der Waals surface area contributed by atoms with Gasteiger partial charge in [0.25, 0.3) is 0 Å². The molecule has 1 aromatic carbocycles. The molecule has 0 aliphatic carbocycles. The van der Waals surface area contributed by atoms with Crippen molar-refractivity contribution in [2.24, 2.45) is 0 Å². The highest BCUT2D eigenvalue weighted by atomic mass is 79.9. The molecule has 0 aliphatic heterocycles. The fourth-order valence-corrected chi connectivity index (χ4v) is 1.46. The van der Waals surface area contributed by atoms with Gasteiger partial charge in [0.2, 0.25) is 0 Å². The Balaban J connectivity index is 2.47. The van der Waals surface area contributed by atoms with Crippen LogP contribution in [-0.2, 0) is 0 Å². The lowest BCUT2D eigenvalue weighted by Gasteiger charge is -2.01. The zero-order chi connectivity index (χ0) is 11.7. The summed E-state index contributed by atoms with van der Waals surface area (Å²) >= 11 is 3.32. The van der Waals surface area contributed by atoms with Crippen molar-refractivity contribution >= 4 is 15.9 Å². The summed E-state index contributed by atoms with van der Waals surface area (Å²) in [4.78, 5) is 0.0119. The number of hydrogen-bond donors (Lipinski definition) is 0. The number of alkyl halides is 1. The summed E-state index contributed by atoms with van der Waals surface area (Å²) < 4.78 is 27.6. The Morgan fingerprint density at radius 1 is 1.38 bits per heavy atom. The molecule has 0 saturated carbocycles. The predicted octanol–water partition coefficient (Wildman–Crippen LogP) is 3.00. The van der Waals surface area contributed by atoms with Crippen LogP contribution in [-0.4, -0.2) is 15.0 Å². The van der Waals surface area contributed by atoms with E-state index in [2.05, 4.69) is 26.2 Å². The molecular formula is C10H8BrF2N3. The van der Waals surface area contributed by atoms with E-state index in [-0.39, 0.29) is 10.5 Å². The molecule has 0 spiro atoms. The molecular weight excluding hydrogens is 280 g/mol. The molecule has 1 atom stereocenters. The summed E-state index contributed by atoms with van der Waals surface area (Å²) in [5, 5.41) is 7.58. The predicted molar refractivity (Wildman–Crippen MR) is 58.6 cm³/mol. The molecule has 6 heteroatoms. The molecule has 0 N–H and O–H groups in total. The Hall–Kier alpha value is -1.30. The van der Waals surface area contributed by atoms with Gasteiger partial charge >= 0.3 is 0 Å². The Morgan fingerprint density at radius 3 is 2.75 bits per heavy atom. The Labute approximate surface area is 99.2 Å². The lowest BCUT2D eigenvalue weighted by atomic mass is 10.3. The monoisotopic (exact) mass is 287 g/mol. The standard InChI is InChI=1S/C10H8BrF2N3/c1-6(11)8-5-16(15-14-8)9-4-2-3-7(12)10(9)13/h2-6H,1H3. The third kappa shape index (κ3) is 1.97. The molecule has 0 amide bonds. The van der Waals surface area contributed by atoms with Crippen LogP contribution in [0.25, 0.3) is 5.69 Å². The minimum Gasteiger partial charge on any atom is -0.217 e. The molecule has 84 valence electrons. The summed E-state index contributed by atoms with van der Waals surface area (Å²) in [5.41, 5.74) is 0.704. The molecule has 0 aliphatic rings. The third-order valence-electron chi connectivity index (χ3n) is 2.10. The fourth-order valence-electron chi connectivity index (χ4n) is 1.25. The molecule has 16 heavy (non-hydrogen) atoms. The van der Waals surface area contributed by atoms with Crippen molar-refractivity contribution in [1.82, 2.24) is 15.0 Å². The van der Waals surface area contributed by atoms with Gasteiger partial charge in [-0.15, -0.1) is 5.10 Å². The van der Waals surface area contributed by atoms with Crippen LogP contribution in [0.1, 0.15) is 17.4 Å². The topological polar surface area (TPSA) is 30.7 Å². The van der Waals surface area contributed by atoms with E-state index in [1.54, 1.807) is 6.20 Å². The molecule has 2 aromatic rings. The van der Waals surface area contributed by atoms with Gasteiger partial charge in [0.1, 0.15) is 5.69 Å². The van der Waals surface area contributed by atoms with Gasteiger partial charge in [0.05, 0.1) is 16.7 Å². The molecule has 0 bridgehead atoms. The maximum Gasteiger partial charge on any atom is 0.184 e. The maximum atomic E-state index is 13.4. The zero-order valence-electron chi connectivity index (χ0n) is 8.36. The molecule has 1 unspecified atom stereocenters. The molecule has 0 fully saturated rings.